The smallest absolute Gasteiger partial charge is 0.287 e. The number of hydrogen-bond donors (Lipinski definition) is 1. The first kappa shape index (κ1) is 18.4. The molecule has 0 saturated carbocycles. The van der Waals surface area contributed by atoms with Crippen molar-refractivity contribution in [3.05, 3.63) is 69.9 Å². The Morgan fingerprint density at radius 1 is 1.23 bits per heavy atom. The van der Waals surface area contributed by atoms with Crippen LogP contribution in [0.1, 0.15) is 28.9 Å². The fraction of sp³-hybridized carbons (Fsp3) is 0.222. The standard InChI is InChI=1S/C18H17Cl2N3O3/c1-2-23-10-15(20)16(22-23)9-21-18(24)17-8-7-14(26-17)11-25-13-5-3-12(19)4-6-13/h3-8,10H,2,9,11H2,1H3,(H,21,24). The second-order valence-corrected chi connectivity index (χ2v) is 6.31. The van der Waals surface area contributed by atoms with Crippen LogP contribution in [-0.4, -0.2) is 15.7 Å². The highest BCUT2D eigenvalue weighted by Gasteiger charge is 2.13. The lowest BCUT2D eigenvalue weighted by Gasteiger charge is -2.04. The van der Waals surface area contributed by atoms with E-state index < -0.39 is 0 Å². The van der Waals surface area contributed by atoms with Gasteiger partial charge in [0.25, 0.3) is 5.91 Å². The third-order valence-corrected chi connectivity index (χ3v) is 4.18. The normalized spacial score (nSPS) is 10.7. The summed E-state index contributed by atoms with van der Waals surface area (Å²) in [6, 6.07) is 10.3. The molecule has 0 spiro atoms. The Hall–Kier alpha value is -2.44. The second kappa shape index (κ2) is 8.29. The Balaban J connectivity index is 1.53. The van der Waals surface area contributed by atoms with Crippen molar-refractivity contribution in [2.75, 3.05) is 0 Å². The van der Waals surface area contributed by atoms with Crippen LogP contribution in [0.4, 0.5) is 0 Å². The molecule has 26 heavy (non-hydrogen) atoms. The molecule has 1 N–H and O–H groups in total. The summed E-state index contributed by atoms with van der Waals surface area (Å²) in [5.41, 5.74) is 0.611. The van der Waals surface area contributed by atoms with Crippen molar-refractivity contribution >= 4 is 29.1 Å². The number of nitrogens with zero attached hydrogens (tertiary/aromatic N) is 2. The number of furan rings is 1. The monoisotopic (exact) mass is 393 g/mol. The van der Waals surface area contributed by atoms with Crippen molar-refractivity contribution in [1.82, 2.24) is 15.1 Å². The number of carbonyl (C=O) groups excluding carboxylic acids is 1. The first-order valence-corrected chi connectivity index (χ1v) is 8.78. The predicted octanol–water partition coefficient (Wildman–Crippen LogP) is 4.31. The highest BCUT2D eigenvalue weighted by Crippen LogP contribution is 2.18. The molecule has 0 atom stereocenters. The molecular weight excluding hydrogens is 377 g/mol. The Morgan fingerprint density at radius 2 is 2.00 bits per heavy atom. The largest absolute Gasteiger partial charge is 0.486 e. The highest BCUT2D eigenvalue weighted by molar-refractivity contribution is 6.31. The average molecular weight is 394 g/mol. The molecule has 1 aromatic carbocycles. The molecule has 0 radical (unpaired) electrons. The van der Waals surface area contributed by atoms with E-state index in [0.29, 0.717) is 33.8 Å². The molecule has 0 aliphatic rings. The molecule has 1 amide bonds. The van der Waals surface area contributed by atoms with Gasteiger partial charge in [0.05, 0.1) is 11.6 Å². The maximum atomic E-state index is 12.2. The van der Waals surface area contributed by atoms with Gasteiger partial charge in [-0.1, -0.05) is 23.2 Å². The van der Waals surface area contributed by atoms with Crippen LogP contribution in [0.2, 0.25) is 10.0 Å². The number of aromatic nitrogens is 2. The third kappa shape index (κ3) is 4.59. The topological polar surface area (TPSA) is 69.3 Å². The van der Waals surface area contributed by atoms with Gasteiger partial charge in [-0.3, -0.25) is 9.48 Å². The molecule has 0 bridgehead atoms. The zero-order valence-corrected chi connectivity index (χ0v) is 15.5. The first-order valence-electron chi connectivity index (χ1n) is 8.02. The van der Waals surface area contributed by atoms with Crippen LogP contribution < -0.4 is 10.1 Å². The fourth-order valence-electron chi connectivity index (χ4n) is 2.23. The lowest BCUT2D eigenvalue weighted by atomic mass is 10.3. The predicted molar refractivity (Wildman–Crippen MR) is 98.6 cm³/mol. The van der Waals surface area contributed by atoms with Crippen LogP contribution in [-0.2, 0) is 19.7 Å². The van der Waals surface area contributed by atoms with E-state index >= 15 is 0 Å². The van der Waals surface area contributed by atoms with E-state index in [0.717, 1.165) is 0 Å². The lowest BCUT2D eigenvalue weighted by Crippen LogP contribution is -2.22. The van der Waals surface area contributed by atoms with E-state index in [-0.39, 0.29) is 24.8 Å². The minimum absolute atomic E-state index is 0.200. The molecule has 0 fully saturated rings. The van der Waals surface area contributed by atoms with Gasteiger partial charge in [-0.25, -0.2) is 0 Å². The summed E-state index contributed by atoms with van der Waals surface area (Å²) in [5, 5.41) is 8.17. The molecule has 8 heteroatoms. The summed E-state index contributed by atoms with van der Waals surface area (Å²) in [7, 11) is 0. The average Bonchev–Trinajstić information content (AvgIpc) is 3.26. The number of carbonyl (C=O) groups is 1. The zero-order valence-electron chi connectivity index (χ0n) is 14.0. The van der Waals surface area contributed by atoms with E-state index in [1.54, 1.807) is 47.3 Å². The second-order valence-electron chi connectivity index (χ2n) is 5.47. The Kier molecular flexibility index (Phi) is 5.85. The van der Waals surface area contributed by atoms with Crippen LogP contribution in [0.5, 0.6) is 5.75 Å². The van der Waals surface area contributed by atoms with Crippen molar-refractivity contribution in [3.63, 3.8) is 0 Å². The van der Waals surface area contributed by atoms with Crippen molar-refractivity contribution in [2.45, 2.75) is 26.6 Å². The van der Waals surface area contributed by atoms with Crippen molar-refractivity contribution in [2.24, 2.45) is 0 Å². The molecule has 2 heterocycles. The Labute approximate surface area is 160 Å². The molecule has 136 valence electrons. The van der Waals surface area contributed by atoms with E-state index in [1.807, 2.05) is 6.92 Å². The van der Waals surface area contributed by atoms with Gasteiger partial charge in [-0.15, -0.1) is 0 Å². The maximum Gasteiger partial charge on any atom is 0.287 e. The summed E-state index contributed by atoms with van der Waals surface area (Å²) in [4.78, 5) is 12.2. The number of hydrogen-bond acceptors (Lipinski definition) is 4. The quantitative estimate of drug-likeness (QED) is 0.648. The first-order chi connectivity index (χ1) is 12.5. The molecule has 3 aromatic rings. The van der Waals surface area contributed by atoms with Crippen molar-refractivity contribution in [1.29, 1.82) is 0 Å². The summed E-state index contributed by atoms with van der Waals surface area (Å²) >= 11 is 11.9. The summed E-state index contributed by atoms with van der Waals surface area (Å²) < 4.78 is 12.8. The highest BCUT2D eigenvalue weighted by atomic mass is 35.5. The van der Waals surface area contributed by atoms with Gasteiger partial charge in [-0.05, 0) is 43.3 Å². The number of nitrogens with one attached hydrogen (secondary N) is 1. The van der Waals surface area contributed by atoms with Gasteiger partial charge in [0.15, 0.2) is 5.76 Å². The number of amides is 1. The fourth-order valence-corrected chi connectivity index (χ4v) is 2.58. The maximum absolute atomic E-state index is 12.2. The van der Waals surface area contributed by atoms with Crippen LogP contribution in [0.25, 0.3) is 0 Å². The summed E-state index contributed by atoms with van der Waals surface area (Å²) in [5.74, 6) is 1.06. The number of rotatable bonds is 7. The van der Waals surface area contributed by atoms with E-state index in [1.165, 1.54) is 0 Å². The molecule has 6 nitrogen and oxygen atoms in total. The van der Waals surface area contributed by atoms with Crippen molar-refractivity contribution < 1.29 is 13.9 Å². The minimum atomic E-state index is -0.343. The van der Waals surface area contributed by atoms with E-state index in [2.05, 4.69) is 10.4 Å². The summed E-state index contributed by atoms with van der Waals surface area (Å²) in [6.07, 6.45) is 1.72. The SMILES string of the molecule is CCn1cc(Cl)c(CNC(=O)c2ccc(COc3ccc(Cl)cc3)o2)n1. The van der Waals surface area contributed by atoms with Gasteiger partial charge in [-0.2, -0.15) is 5.10 Å². The van der Waals surface area contributed by atoms with E-state index in [4.69, 9.17) is 32.4 Å². The number of benzene rings is 1. The van der Waals surface area contributed by atoms with Crippen molar-refractivity contribution in [3.8, 4) is 5.75 Å². The van der Waals surface area contributed by atoms with Gasteiger partial charge in [0.1, 0.15) is 23.8 Å². The molecule has 0 saturated heterocycles. The Morgan fingerprint density at radius 3 is 2.69 bits per heavy atom. The zero-order chi connectivity index (χ0) is 18.5. The van der Waals surface area contributed by atoms with E-state index in [9.17, 15) is 4.79 Å². The van der Waals surface area contributed by atoms with Crippen LogP contribution in [0.15, 0.2) is 47.0 Å². The number of aryl methyl sites for hydroxylation is 1. The molecule has 3 rings (SSSR count). The lowest BCUT2D eigenvalue weighted by molar-refractivity contribution is 0.0918. The van der Waals surface area contributed by atoms with Crippen LogP contribution in [0, 0.1) is 0 Å². The number of halogens is 2. The molecule has 0 aliphatic heterocycles. The van der Waals surface area contributed by atoms with Gasteiger partial charge < -0.3 is 14.5 Å². The molecule has 0 aliphatic carbocycles. The molecule has 2 aromatic heterocycles. The van der Waals surface area contributed by atoms with Gasteiger partial charge in [0.2, 0.25) is 0 Å². The molecule has 0 unspecified atom stereocenters. The minimum Gasteiger partial charge on any atom is -0.486 e. The number of ether oxygens (including phenoxy) is 1. The van der Waals surface area contributed by atoms with Crippen LogP contribution in [0.3, 0.4) is 0 Å². The van der Waals surface area contributed by atoms with Gasteiger partial charge >= 0.3 is 0 Å². The Bertz CT molecular complexity index is 887. The van der Waals surface area contributed by atoms with Gasteiger partial charge in [0, 0.05) is 17.8 Å². The summed E-state index contributed by atoms with van der Waals surface area (Å²) in [6.45, 7) is 3.11. The third-order valence-electron chi connectivity index (χ3n) is 3.61. The molecular formula is C18H17Cl2N3O3. The van der Waals surface area contributed by atoms with Crippen LogP contribution >= 0.6 is 23.2 Å².